The monoisotopic (exact) mass is 388 g/mol. The van der Waals surface area contributed by atoms with Gasteiger partial charge in [-0.05, 0) is 61.2 Å². The minimum absolute atomic E-state index is 0.330. The minimum Gasteiger partial charge on any atom is -0.489 e. The van der Waals surface area contributed by atoms with E-state index in [0.717, 1.165) is 23.3 Å². The van der Waals surface area contributed by atoms with Crippen LogP contribution in [-0.4, -0.2) is 24.5 Å². The molecule has 7 heteroatoms. The fraction of sp³-hybridized carbons (Fsp3) is 0.300. The van der Waals surface area contributed by atoms with Crippen LogP contribution in [0.2, 0.25) is 5.02 Å². The zero-order valence-corrected chi connectivity index (χ0v) is 15.7. The number of amides is 2. The molecule has 27 heavy (non-hydrogen) atoms. The third kappa shape index (κ3) is 5.21. The molecule has 0 aliphatic carbocycles. The molecule has 0 unspecified atom stereocenters. The van der Waals surface area contributed by atoms with Crippen molar-refractivity contribution in [1.29, 1.82) is 0 Å². The SMILES string of the molecule is Cc1cc(OCc2ccc(C(=O)NNC(=O)[C@@H]3CCCO3)cc2)ccc1Cl. The van der Waals surface area contributed by atoms with E-state index in [1.54, 1.807) is 30.3 Å². The van der Waals surface area contributed by atoms with E-state index in [0.29, 0.717) is 30.2 Å². The van der Waals surface area contributed by atoms with Gasteiger partial charge in [0.1, 0.15) is 18.5 Å². The lowest BCUT2D eigenvalue weighted by Gasteiger charge is -2.12. The van der Waals surface area contributed by atoms with Gasteiger partial charge in [0.25, 0.3) is 11.8 Å². The number of halogens is 1. The molecule has 1 saturated heterocycles. The molecule has 1 fully saturated rings. The molecule has 0 saturated carbocycles. The van der Waals surface area contributed by atoms with Crippen molar-refractivity contribution >= 4 is 23.4 Å². The Morgan fingerprint density at radius 2 is 1.96 bits per heavy atom. The van der Waals surface area contributed by atoms with Gasteiger partial charge in [-0.25, -0.2) is 0 Å². The van der Waals surface area contributed by atoms with Crippen LogP contribution in [0.3, 0.4) is 0 Å². The third-order valence-electron chi connectivity index (χ3n) is 4.27. The normalized spacial score (nSPS) is 16.0. The van der Waals surface area contributed by atoms with Crippen LogP contribution in [0, 0.1) is 6.92 Å². The summed E-state index contributed by atoms with van der Waals surface area (Å²) in [7, 11) is 0. The molecule has 142 valence electrons. The molecule has 2 aromatic rings. The molecular weight excluding hydrogens is 368 g/mol. The van der Waals surface area contributed by atoms with Gasteiger partial charge in [0.15, 0.2) is 0 Å². The highest BCUT2D eigenvalue weighted by atomic mass is 35.5. The summed E-state index contributed by atoms with van der Waals surface area (Å²) in [6.45, 7) is 2.87. The van der Waals surface area contributed by atoms with Crippen molar-refractivity contribution in [3.63, 3.8) is 0 Å². The van der Waals surface area contributed by atoms with Crippen LogP contribution >= 0.6 is 11.6 Å². The number of hydrogen-bond acceptors (Lipinski definition) is 4. The maximum absolute atomic E-state index is 12.1. The van der Waals surface area contributed by atoms with E-state index < -0.39 is 6.10 Å². The first-order valence-electron chi connectivity index (χ1n) is 8.72. The molecule has 1 aliphatic rings. The zero-order valence-electron chi connectivity index (χ0n) is 15.0. The maximum atomic E-state index is 12.1. The topological polar surface area (TPSA) is 76.7 Å². The van der Waals surface area contributed by atoms with Gasteiger partial charge in [0.05, 0.1) is 0 Å². The van der Waals surface area contributed by atoms with Crippen molar-refractivity contribution in [2.75, 3.05) is 6.61 Å². The second-order valence-electron chi connectivity index (χ2n) is 6.34. The summed E-state index contributed by atoms with van der Waals surface area (Å²) in [5.41, 5.74) is 7.11. The van der Waals surface area contributed by atoms with Gasteiger partial charge in [-0.2, -0.15) is 0 Å². The highest BCUT2D eigenvalue weighted by Crippen LogP contribution is 2.22. The molecule has 2 N–H and O–H groups in total. The average Bonchev–Trinajstić information content (AvgIpc) is 3.22. The molecule has 0 aromatic heterocycles. The first kappa shape index (κ1) is 19.2. The second kappa shape index (κ2) is 8.88. The summed E-state index contributed by atoms with van der Waals surface area (Å²) in [4.78, 5) is 23.9. The lowest BCUT2D eigenvalue weighted by atomic mass is 10.1. The van der Waals surface area contributed by atoms with Crippen LogP contribution in [0.15, 0.2) is 42.5 Å². The predicted molar refractivity (Wildman–Crippen MR) is 102 cm³/mol. The number of benzene rings is 2. The summed E-state index contributed by atoms with van der Waals surface area (Å²) in [5, 5.41) is 0.698. The largest absolute Gasteiger partial charge is 0.489 e. The molecule has 2 aromatic carbocycles. The Labute approximate surface area is 162 Å². The van der Waals surface area contributed by atoms with Crippen LogP contribution in [0.5, 0.6) is 5.75 Å². The molecule has 1 aliphatic heterocycles. The van der Waals surface area contributed by atoms with E-state index in [1.807, 2.05) is 19.1 Å². The fourth-order valence-electron chi connectivity index (χ4n) is 2.68. The first-order valence-corrected chi connectivity index (χ1v) is 9.10. The standard InChI is InChI=1S/C20H21ClN2O4/c1-13-11-16(8-9-17(13)21)27-12-14-4-6-15(7-5-14)19(24)22-23-20(25)18-3-2-10-26-18/h4-9,11,18H,2-3,10,12H2,1H3,(H,22,24)(H,23,25)/t18-/m0/s1. The van der Waals surface area contributed by atoms with Gasteiger partial charge < -0.3 is 9.47 Å². The van der Waals surface area contributed by atoms with E-state index in [2.05, 4.69) is 10.9 Å². The van der Waals surface area contributed by atoms with Gasteiger partial charge in [0, 0.05) is 17.2 Å². The maximum Gasteiger partial charge on any atom is 0.269 e. The molecule has 0 spiro atoms. The number of ether oxygens (including phenoxy) is 2. The van der Waals surface area contributed by atoms with E-state index >= 15 is 0 Å². The lowest BCUT2D eigenvalue weighted by molar-refractivity contribution is -0.130. The molecule has 1 heterocycles. The van der Waals surface area contributed by atoms with Crippen LogP contribution in [0.1, 0.15) is 34.3 Å². The van der Waals surface area contributed by atoms with Crippen molar-refractivity contribution in [3.05, 3.63) is 64.2 Å². The van der Waals surface area contributed by atoms with Gasteiger partial charge in [-0.1, -0.05) is 23.7 Å². The van der Waals surface area contributed by atoms with Crippen molar-refractivity contribution in [2.24, 2.45) is 0 Å². The minimum atomic E-state index is -0.485. The third-order valence-corrected chi connectivity index (χ3v) is 4.70. The van der Waals surface area contributed by atoms with Gasteiger partial charge >= 0.3 is 0 Å². The number of nitrogens with one attached hydrogen (secondary N) is 2. The Hall–Kier alpha value is -2.57. The number of carbonyl (C=O) groups excluding carboxylic acids is 2. The van der Waals surface area contributed by atoms with Crippen molar-refractivity contribution < 1.29 is 19.1 Å². The molecule has 6 nitrogen and oxygen atoms in total. The van der Waals surface area contributed by atoms with Gasteiger partial charge in [0.2, 0.25) is 0 Å². The van der Waals surface area contributed by atoms with Crippen molar-refractivity contribution in [3.8, 4) is 5.75 Å². The summed E-state index contributed by atoms with van der Waals surface area (Å²) < 4.78 is 11.0. The van der Waals surface area contributed by atoms with E-state index in [-0.39, 0.29) is 11.8 Å². The number of rotatable bonds is 5. The predicted octanol–water partition coefficient (Wildman–Crippen LogP) is 3.17. The Morgan fingerprint density at radius 1 is 1.19 bits per heavy atom. The molecule has 2 amide bonds. The Morgan fingerprint density at radius 3 is 2.63 bits per heavy atom. The van der Waals surface area contributed by atoms with Crippen molar-refractivity contribution in [1.82, 2.24) is 10.9 Å². The zero-order chi connectivity index (χ0) is 19.2. The molecule has 0 radical (unpaired) electrons. The summed E-state index contributed by atoms with van der Waals surface area (Å²) >= 11 is 6.00. The Balaban J connectivity index is 1.49. The highest BCUT2D eigenvalue weighted by molar-refractivity contribution is 6.31. The van der Waals surface area contributed by atoms with Crippen LogP contribution in [-0.2, 0) is 16.1 Å². The lowest BCUT2D eigenvalue weighted by Crippen LogP contribution is -2.46. The molecule has 3 rings (SSSR count). The Kier molecular flexibility index (Phi) is 6.32. The van der Waals surface area contributed by atoms with Gasteiger partial charge in [-0.15, -0.1) is 0 Å². The molecular formula is C20H21ClN2O4. The first-order chi connectivity index (χ1) is 13.0. The van der Waals surface area contributed by atoms with Crippen LogP contribution < -0.4 is 15.6 Å². The average molecular weight is 389 g/mol. The molecule has 1 atom stereocenters. The quantitative estimate of drug-likeness (QED) is 0.771. The van der Waals surface area contributed by atoms with E-state index in [4.69, 9.17) is 21.1 Å². The number of hydrogen-bond donors (Lipinski definition) is 2. The Bertz CT molecular complexity index is 817. The van der Waals surface area contributed by atoms with Crippen molar-refractivity contribution in [2.45, 2.75) is 32.5 Å². The summed E-state index contributed by atoms with van der Waals surface area (Å²) in [6, 6.07) is 12.5. The van der Waals surface area contributed by atoms with Crippen LogP contribution in [0.4, 0.5) is 0 Å². The fourth-order valence-corrected chi connectivity index (χ4v) is 2.80. The number of carbonyl (C=O) groups is 2. The van der Waals surface area contributed by atoms with Crippen LogP contribution in [0.25, 0.3) is 0 Å². The number of aryl methyl sites for hydroxylation is 1. The van der Waals surface area contributed by atoms with E-state index in [1.165, 1.54) is 0 Å². The highest BCUT2D eigenvalue weighted by Gasteiger charge is 2.23. The van der Waals surface area contributed by atoms with E-state index in [9.17, 15) is 9.59 Å². The van der Waals surface area contributed by atoms with Gasteiger partial charge in [-0.3, -0.25) is 20.4 Å². The molecule has 0 bridgehead atoms. The summed E-state index contributed by atoms with van der Waals surface area (Å²) in [6.07, 6.45) is 1.04. The number of hydrazine groups is 1. The second-order valence-corrected chi connectivity index (χ2v) is 6.75. The summed E-state index contributed by atoms with van der Waals surface area (Å²) in [5.74, 6) is 0.0156. The smallest absolute Gasteiger partial charge is 0.269 e.